The van der Waals surface area contributed by atoms with Gasteiger partial charge in [0.15, 0.2) is 0 Å². The quantitative estimate of drug-likeness (QED) is 0.757. The van der Waals surface area contributed by atoms with Crippen molar-refractivity contribution in [2.24, 2.45) is 0 Å². The van der Waals surface area contributed by atoms with E-state index in [0.717, 1.165) is 0 Å². The van der Waals surface area contributed by atoms with Gasteiger partial charge in [-0.15, -0.1) is 0 Å². The fourth-order valence-corrected chi connectivity index (χ4v) is 14.9. The van der Waals surface area contributed by atoms with Gasteiger partial charge in [-0.05, 0) is 0 Å². The third-order valence-corrected chi connectivity index (χ3v) is 15.6. The maximum absolute atomic E-state index is 12.3. The van der Waals surface area contributed by atoms with E-state index in [-0.39, 0.29) is 5.41 Å². The predicted molar refractivity (Wildman–Crippen MR) is 80.5 cm³/mol. The molecule has 102 valence electrons. The summed E-state index contributed by atoms with van der Waals surface area (Å²) >= 11 is -2.33. The number of benzene rings is 1. The molecule has 0 radical (unpaired) electrons. The van der Waals surface area contributed by atoms with Crippen molar-refractivity contribution >= 4 is 28.2 Å². The Hall–Kier alpha value is -0.0313. The summed E-state index contributed by atoms with van der Waals surface area (Å²) < 4.78 is 24.9. The molecule has 0 aliphatic heterocycles. The van der Waals surface area contributed by atoms with Gasteiger partial charge in [-0.25, -0.2) is 0 Å². The first-order chi connectivity index (χ1) is 7.92. The maximum atomic E-state index is 12.3. The summed E-state index contributed by atoms with van der Waals surface area (Å²) in [7, 11) is -3.09. The molecule has 1 aromatic rings. The molecule has 0 spiro atoms. The van der Waals surface area contributed by atoms with Gasteiger partial charge in [0, 0.05) is 0 Å². The summed E-state index contributed by atoms with van der Waals surface area (Å²) in [4.78, 5) is 6.92. The van der Waals surface area contributed by atoms with Crippen molar-refractivity contribution in [3.63, 3.8) is 0 Å². The summed E-state index contributed by atoms with van der Waals surface area (Å²) in [5.41, 5.74) is 1.23. The van der Waals surface area contributed by atoms with Crippen molar-refractivity contribution in [1.82, 2.24) is 0 Å². The molecule has 0 aromatic heterocycles. The topological polar surface area (TPSA) is 34.1 Å². The van der Waals surface area contributed by atoms with Crippen LogP contribution in [0.5, 0.6) is 0 Å². The molecule has 18 heavy (non-hydrogen) atoms. The Kier molecular flexibility index (Phi) is 4.59. The van der Waals surface area contributed by atoms with E-state index in [0.29, 0.717) is 8.66 Å². The third kappa shape index (κ3) is 4.57. The molecule has 0 heterocycles. The van der Waals surface area contributed by atoms with Gasteiger partial charge in [0.2, 0.25) is 0 Å². The van der Waals surface area contributed by atoms with Crippen LogP contribution in [0, 0.1) is 0 Å². The molecule has 1 rings (SSSR count). The van der Waals surface area contributed by atoms with Gasteiger partial charge < -0.3 is 0 Å². The van der Waals surface area contributed by atoms with Crippen LogP contribution in [0.15, 0.2) is 29.2 Å². The Morgan fingerprint density at radius 2 is 1.44 bits per heavy atom. The summed E-state index contributed by atoms with van der Waals surface area (Å²) in [5, 5.41) is 0. The molecule has 0 aliphatic carbocycles. The molecule has 0 unspecified atom stereocenters. The molecule has 0 atom stereocenters. The van der Waals surface area contributed by atoms with E-state index in [9.17, 15) is 8.42 Å². The molecular weight excluding hydrogens is 351 g/mol. The third-order valence-electron chi connectivity index (χ3n) is 2.70. The van der Waals surface area contributed by atoms with Gasteiger partial charge in [-0.3, -0.25) is 0 Å². The Bertz CT molecular complexity index is 502. The number of hydrogen-bond donors (Lipinski definition) is 0. The van der Waals surface area contributed by atoms with Crippen molar-refractivity contribution in [3.05, 3.63) is 29.8 Å². The Labute approximate surface area is 116 Å². The van der Waals surface area contributed by atoms with Crippen LogP contribution in [-0.2, 0) is 15.3 Å². The van der Waals surface area contributed by atoms with Crippen molar-refractivity contribution in [3.8, 4) is 0 Å². The van der Waals surface area contributed by atoms with Crippen LogP contribution in [0.1, 0.15) is 26.3 Å². The summed E-state index contributed by atoms with van der Waals surface area (Å²) in [5.74, 6) is 0. The molecule has 0 amide bonds. The fraction of sp³-hybridized carbons (Fsp3) is 0.571. The molecule has 0 saturated heterocycles. The molecule has 0 saturated carbocycles. The van der Waals surface area contributed by atoms with E-state index in [1.807, 2.05) is 12.1 Å². The van der Waals surface area contributed by atoms with E-state index < -0.39 is 28.2 Å². The van der Waals surface area contributed by atoms with E-state index in [4.69, 9.17) is 0 Å². The van der Waals surface area contributed by atoms with Gasteiger partial charge in [0.25, 0.3) is 0 Å². The van der Waals surface area contributed by atoms with Crippen LogP contribution in [0.25, 0.3) is 0 Å². The Balaban J connectivity index is 3.06. The molecule has 4 heteroatoms. The average molecular weight is 375 g/mol. The predicted octanol–water partition coefficient (Wildman–Crippen LogP) is 3.64. The zero-order chi connectivity index (χ0) is 14.2. The van der Waals surface area contributed by atoms with Crippen LogP contribution in [0.2, 0.25) is 14.8 Å². The minimum atomic E-state index is -3.09. The number of hydrogen-bond acceptors (Lipinski definition) is 2. The Morgan fingerprint density at radius 3 is 1.78 bits per heavy atom. The fourth-order valence-electron chi connectivity index (χ4n) is 1.82. The molecule has 0 aliphatic rings. The van der Waals surface area contributed by atoms with Crippen LogP contribution in [0.4, 0.5) is 0 Å². The first-order valence-electron chi connectivity index (χ1n) is 6.25. The van der Waals surface area contributed by atoms with E-state index >= 15 is 0 Å². The summed E-state index contributed by atoms with van der Waals surface area (Å²) in [6.45, 7) is 6.38. The average Bonchev–Trinajstić information content (AvgIpc) is 2.13. The second kappa shape index (κ2) is 5.16. The van der Waals surface area contributed by atoms with Crippen LogP contribution in [0.3, 0.4) is 0 Å². The molecule has 2 nitrogen and oxygen atoms in total. The molecule has 0 bridgehead atoms. The monoisotopic (exact) mass is 376 g/mol. The second-order valence-corrected chi connectivity index (χ2v) is 26.2. The Morgan fingerprint density at radius 1 is 1.00 bits per heavy atom. The van der Waals surface area contributed by atoms with Crippen molar-refractivity contribution < 1.29 is 8.42 Å². The van der Waals surface area contributed by atoms with Gasteiger partial charge in [0.1, 0.15) is 0 Å². The van der Waals surface area contributed by atoms with Crippen LogP contribution < -0.4 is 0 Å². The summed E-state index contributed by atoms with van der Waals surface area (Å²) in [6, 6.07) is 7.39. The SMILES string of the molecule is CC(C)(C)c1ccc(S(=O)(=O)[CH2][Sn]([CH3])([CH3])[CH3])cc1. The number of rotatable bonds is 3. The molecular formula is C14H24O2SSn. The van der Waals surface area contributed by atoms with Gasteiger partial charge in [-0.2, -0.15) is 0 Å². The van der Waals surface area contributed by atoms with Gasteiger partial charge in [0.05, 0.1) is 0 Å². The second-order valence-electron chi connectivity index (χ2n) is 7.09. The van der Waals surface area contributed by atoms with Crippen molar-refractivity contribution in [2.75, 3.05) is 3.77 Å². The van der Waals surface area contributed by atoms with Gasteiger partial charge >= 0.3 is 116 Å². The van der Waals surface area contributed by atoms with E-state index in [1.165, 1.54) is 5.56 Å². The number of sulfone groups is 1. The standard InChI is InChI=1S/C11H15O2S.3CH3.Sn/c1-11(2,3)9-5-7-10(8-6-9)14(4,12)13;;;;/h5-8H,4H2,1-3H3;3*1H3;. The van der Waals surface area contributed by atoms with Crippen LogP contribution in [-0.4, -0.2) is 30.6 Å². The molecule has 0 fully saturated rings. The van der Waals surface area contributed by atoms with Crippen molar-refractivity contribution in [2.45, 2.75) is 45.9 Å². The van der Waals surface area contributed by atoms with Crippen LogP contribution >= 0.6 is 0 Å². The molecule has 1 aromatic carbocycles. The first kappa shape index (κ1) is 16.0. The zero-order valence-corrected chi connectivity index (χ0v) is 15.9. The van der Waals surface area contributed by atoms with E-state index in [1.54, 1.807) is 12.1 Å². The first-order valence-corrected chi connectivity index (χ1v) is 18.5. The normalized spacial score (nSPS) is 13.7. The minimum absolute atomic E-state index is 0.0611. The van der Waals surface area contributed by atoms with Gasteiger partial charge in [-0.1, -0.05) is 0 Å². The van der Waals surface area contributed by atoms with E-state index in [2.05, 4.69) is 35.6 Å². The summed E-state index contributed by atoms with van der Waals surface area (Å²) in [6.07, 6.45) is 0. The van der Waals surface area contributed by atoms with Crippen molar-refractivity contribution in [1.29, 1.82) is 0 Å². The molecule has 0 N–H and O–H groups in total. The zero-order valence-electron chi connectivity index (χ0n) is 12.2.